The van der Waals surface area contributed by atoms with Crippen molar-refractivity contribution in [3.8, 4) is 0 Å². The van der Waals surface area contributed by atoms with E-state index in [1.165, 1.54) is 6.20 Å². The van der Waals surface area contributed by atoms with Crippen LogP contribution in [0.2, 0.25) is 0 Å². The monoisotopic (exact) mass is 258 g/mol. The fraction of sp³-hybridized carbons (Fsp3) is 0.400. The molecule has 0 bridgehead atoms. The predicted octanol–water partition coefficient (Wildman–Crippen LogP) is 0.535. The lowest BCUT2D eigenvalue weighted by atomic mass is 10.2. The fourth-order valence-corrected chi connectivity index (χ4v) is 2.28. The molecular weight excluding hydrogens is 244 g/mol. The average molecular weight is 258 g/mol. The second kappa shape index (κ2) is 5.24. The van der Waals surface area contributed by atoms with Crippen LogP contribution in [0.3, 0.4) is 0 Å². The molecule has 17 heavy (non-hydrogen) atoms. The van der Waals surface area contributed by atoms with Gasteiger partial charge in [0.1, 0.15) is 0 Å². The average Bonchev–Trinajstić information content (AvgIpc) is 2.28. The quantitative estimate of drug-likeness (QED) is 0.803. The molecule has 0 fully saturated rings. The molecule has 0 amide bonds. The topological polar surface area (TPSA) is 96.4 Å². The lowest BCUT2D eigenvalue weighted by molar-refractivity contribution is -0.136. The number of aromatic nitrogens is 1. The zero-order chi connectivity index (χ0) is 13.1. The number of carboxylic acid groups (broad SMARTS) is 1. The Morgan fingerprint density at radius 2 is 2.12 bits per heavy atom. The van der Waals surface area contributed by atoms with Gasteiger partial charge in [0, 0.05) is 18.4 Å². The fourth-order valence-electron chi connectivity index (χ4n) is 1.18. The minimum atomic E-state index is -3.88. The summed E-state index contributed by atoms with van der Waals surface area (Å²) in [6.45, 7) is 2.75. The molecule has 0 aliphatic carbocycles. The van der Waals surface area contributed by atoms with Gasteiger partial charge in [0.15, 0.2) is 5.25 Å². The zero-order valence-corrected chi connectivity index (χ0v) is 10.3. The minimum absolute atomic E-state index is 0.518. The number of sulfonamides is 1. The highest BCUT2D eigenvalue weighted by atomic mass is 32.2. The van der Waals surface area contributed by atoms with Crippen LogP contribution in [-0.4, -0.2) is 29.7 Å². The van der Waals surface area contributed by atoms with E-state index in [2.05, 4.69) is 9.71 Å². The Morgan fingerprint density at radius 3 is 2.59 bits per heavy atom. The van der Waals surface area contributed by atoms with Gasteiger partial charge in [0.25, 0.3) is 0 Å². The lowest BCUT2D eigenvalue weighted by Gasteiger charge is -2.16. The first-order valence-electron chi connectivity index (χ1n) is 4.98. The zero-order valence-electron chi connectivity index (χ0n) is 9.49. The van der Waals surface area contributed by atoms with Crippen molar-refractivity contribution in [3.63, 3.8) is 0 Å². The van der Waals surface area contributed by atoms with Gasteiger partial charge in [-0.15, -0.1) is 0 Å². The number of aliphatic carboxylic acids is 1. The Kier molecular flexibility index (Phi) is 4.19. The molecule has 0 saturated carbocycles. The van der Waals surface area contributed by atoms with Crippen LogP contribution in [-0.2, 0) is 14.8 Å². The van der Waals surface area contributed by atoms with Crippen LogP contribution in [0.5, 0.6) is 0 Å². The van der Waals surface area contributed by atoms with Crippen molar-refractivity contribution in [2.45, 2.75) is 25.1 Å². The van der Waals surface area contributed by atoms with Crippen molar-refractivity contribution in [2.24, 2.45) is 0 Å². The van der Waals surface area contributed by atoms with Gasteiger partial charge in [0.05, 0.1) is 0 Å². The van der Waals surface area contributed by atoms with E-state index < -0.39 is 27.3 Å². The van der Waals surface area contributed by atoms with E-state index in [4.69, 9.17) is 5.11 Å². The van der Waals surface area contributed by atoms with E-state index in [-0.39, 0.29) is 0 Å². The van der Waals surface area contributed by atoms with Crippen LogP contribution in [0.4, 0.5) is 0 Å². The summed E-state index contributed by atoms with van der Waals surface area (Å²) in [6, 6.07) is 2.88. The Labute approximate surface area is 99.7 Å². The summed E-state index contributed by atoms with van der Waals surface area (Å²) >= 11 is 0. The van der Waals surface area contributed by atoms with Gasteiger partial charge in [0.2, 0.25) is 10.0 Å². The van der Waals surface area contributed by atoms with Crippen LogP contribution in [0.1, 0.15) is 25.5 Å². The summed E-state index contributed by atoms with van der Waals surface area (Å²) in [7, 11) is -3.88. The molecule has 0 radical (unpaired) electrons. The van der Waals surface area contributed by atoms with Crippen LogP contribution >= 0.6 is 0 Å². The van der Waals surface area contributed by atoms with Crippen molar-refractivity contribution in [2.75, 3.05) is 0 Å². The number of hydrogen-bond acceptors (Lipinski definition) is 4. The maximum atomic E-state index is 11.6. The highest BCUT2D eigenvalue weighted by molar-refractivity contribution is 7.90. The summed E-state index contributed by atoms with van der Waals surface area (Å²) in [4.78, 5) is 14.5. The van der Waals surface area contributed by atoms with Gasteiger partial charge < -0.3 is 5.11 Å². The Hall–Kier alpha value is -1.47. The minimum Gasteiger partial charge on any atom is -0.480 e. The molecule has 2 N–H and O–H groups in total. The smallest absolute Gasteiger partial charge is 0.323 e. The van der Waals surface area contributed by atoms with Crippen LogP contribution < -0.4 is 4.72 Å². The van der Waals surface area contributed by atoms with Gasteiger partial charge in [-0.2, -0.15) is 0 Å². The molecule has 1 rings (SSSR count). The first-order chi connectivity index (χ1) is 7.84. The molecule has 0 aliphatic rings. The molecule has 2 atom stereocenters. The maximum Gasteiger partial charge on any atom is 0.323 e. The first kappa shape index (κ1) is 13.6. The van der Waals surface area contributed by atoms with Gasteiger partial charge in [-0.3, -0.25) is 9.78 Å². The number of nitrogens with zero attached hydrogens (tertiary/aromatic N) is 1. The molecule has 1 aromatic heterocycles. The van der Waals surface area contributed by atoms with Crippen molar-refractivity contribution in [1.29, 1.82) is 0 Å². The number of carboxylic acids is 1. The van der Waals surface area contributed by atoms with Gasteiger partial charge >= 0.3 is 5.97 Å². The summed E-state index contributed by atoms with van der Waals surface area (Å²) in [5, 5.41) is 7.18. The third-order valence-electron chi connectivity index (χ3n) is 2.34. The lowest BCUT2D eigenvalue weighted by Crippen LogP contribution is -2.38. The van der Waals surface area contributed by atoms with E-state index in [9.17, 15) is 13.2 Å². The molecule has 7 heteroatoms. The maximum absolute atomic E-state index is 11.6. The molecule has 1 heterocycles. The van der Waals surface area contributed by atoms with Gasteiger partial charge in [-0.05, 0) is 25.5 Å². The number of hydrogen-bond donors (Lipinski definition) is 2. The second-order valence-electron chi connectivity index (χ2n) is 3.65. The van der Waals surface area contributed by atoms with Gasteiger partial charge in [-0.1, -0.05) is 6.07 Å². The van der Waals surface area contributed by atoms with E-state index in [0.29, 0.717) is 5.56 Å². The largest absolute Gasteiger partial charge is 0.480 e. The molecule has 1 unspecified atom stereocenters. The van der Waals surface area contributed by atoms with E-state index in [1.54, 1.807) is 25.3 Å². The van der Waals surface area contributed by atoms with Crippen molar-refractivity contribution >= 4 is 16.0 Å². The van der Waals surface area contributed by atoms with E-state index in [1.807, 2.05) is 0 Å². The van der Waals surface area contributed by atoms with Gasteiger partial charge in [-0.25, -0.2) is 13.1 Å². The number of nitrogens with one attached hydrogen (secondary N) is 1. The highest BCUT2D eigenvalue weighted by Gasteiger charge is 2.29. The third-order valence-corrected chi connectivity index (χ3v) is 4.15. The standard InChI is InChI=1S/C10H14N2O4S/c1-7(9-4-3-5-11-6-9)12-17(15,16)8(2)10(13)14/h3-8,12H,1-2H3,(H,13,14)/t7-,8?/m0/s1. The van der Waals surface area contributed by atoms with Crippen molar-refractivity contribution in [3.05, 3.63) is 30.1 Å². The SMILES string of the molecule is CC(C(=O)O)S(=O)(=O)N[C@@H](C)c1cccnc1. The van der Waals surface area contributed by atoms with E-state index in [0.717, 1.165) is 6.92 Å². The molecule has 0 saturated heterocycles. The number of carbonyl (C=O) groups is 1. The molecule has 0 aromatic carbocycles. The Balaban J connectivity index is 2.82. The first-order valence-corrected chi connectivity index (χ1v) is 6.53. The summed E-state index contributed by atoms with van der Waals surface area (Å²) < 4.78 is 25.6. The summed E-state index contributed by atoms with van der Waals surface area (Å²) in [5.41, 5.74) is 0.675. The number of rotatable bonds is 5. The predicted molar refractivity (Wildman–Crippen MR) is 61.8 cm³/mol. The molecule has 6 nitrogen and oxygen atoms in total. The van der Waals surface area contributed by atoms with E-state index >= 15 is 0 Å². The summed E-state index contributed by atoms with van der Waals surface area (Å²) in [6.07, 6.45) is 3.10. The Bertz CT molecular complexity index is 486. The van der Waals surface area contributed by atoms with Crippen LogP contribution in [0.15, 0.2) is 24.5 Å². The molecular formula is C10H14N2O4S. The Morgan fingerprint density at radius 1 is 1.47 bits per heavy atom. The van der Waals surface area contributed by atoms with Crippen LogP contribution in [0, 0.1) is 0 Å². The van der Waals surface area contributed by atoms with Crippen molar-refractivity contribution in [1.82, 2.24) is 9.71 Å². The van der Waals surface area contributed by atoms with Crippen LogP contribution in [0.25, 0.3) is 0 Å². The molecule has 94 valence electrons. The highest BCUT2D eigenvalue weighted by Crippen LogP contribution is 2.13. The molecule has 0 aliphatic heterocycles. The molecule has 1 aromatic rings. The third kappa shape index (κ3) is 3.50. The van der Waals surface area contributed by atoms with Crippen molar-refractivity contribution < 1.29 is 18.3 Å². The number of pyridine rings is 1. The molecule has 0 spiro atoms. The summed E-state index contributed by atoms with van der Waals surface area (Å²) in [5.74, 6) is -1.38. The second-order valence-corrected chi connectivity index (χ2v) is 5.68. The normalized spacial score (nSPS) is 15.2.